The van der Waals surface area contributed by atoms with Crippen LogP contribution in [0.25, 0.3) is 16.6 Å². The second kappa shape index (κ2) is 8.36. The Balaban J connectivity index is 1.54. The molecule has 1 aromatic heterocycles. The lowest BCUT2D eigenvalue weighted by molar-refractivity contribution is -0.128. The summed E-state index contributed by atoms with van der Waals surface area (Å²) in [5.74, 6) is -0.136. The Hall–Kier alpha value is -4.25. The largest absolute Gasteiger partial charge is 0.423 e. The van der Waals surface area contributed by atoms with Crippen LogP contribution in [-0.2, 0) is 11.3 Å². The van der Waals surface area contributed by atoms with E-state index in [1.165, 1.54) is 18.6 Å². The Morgan fingerprint density at radius 3 is 2.42 bits per heavy atom. The maximum atomic E-state index is 12.9. The average Bonchev–Trinajstić information content (AvgIpc) is 3.18. The first kappa shape index (κ1) is 20.6. The number of nitrogens with zero attached hydrogens (tertiary/aromatic N) is 2. The van der Waals surface area contributed by atoms with Crippen molar-refractivity contribution in [2.75, 3.05) is 4.90 Å². The van der Waals surface area contributed by atoms with Crippen LogP contribution in [0, 0.1) is 6.92 Å². The molecule has 33 heavy (non-hydrogen) atoms. The van der Waals surface area contributed by atoms with E-state index in [1.54, 1.807) is 24.3 Å². The fourth-order valence-corrected chi connectivity index (χ4v) is 4.10. The lowest BCUT2D eigenvalue weighted by Crippen LogP contribution is -2.16. The van der Waals surface area contributed by atoms with Crippen molar-refractivity contribution in [3.8, 4) is 5.75 Å². The lowest BCUT2D eigenvalue weighted by Gasteiger charge is -2.20. The summed E-state index contributed by atoms with van der Waals surface area (Å²) in [6.45, 7) is 4.18. The van der Waals surface area contributed by atoms with Gasteiger partial charge in [-0.1, -0.05) is 35.9 Å². The number of aryl methyl sites for hydroxylation is 1. The molecule has 0 aliphatic carbocycles. The van der Waals surface area contributed by atoms with Gasteiger partial charge in [-0.15, -0.1) is 0 Å². The molecule has 5 rings (SSSR count). The first-order valence-electron chi connectivity index (χ1n) is 10.8. The number of rotatable bonds is 4. The summed E-state index contributed by atoms with van der Waals surface area (Å²) in [5, 5.41) is 1.07. The van der Waals surface area contributed by atoms with Gasteiger partial charge in [0.2, 0.25) is 0 Å². The second-order valence-electron chi connectivity index (χ2n) is 8.12. The molecule has 4 aromatic rings. The van der Waals surface area contributed by atoms with E-state index in [4.69, 9.17) is 4.74 Å². The van der Waals surface area contributed by atoms with E-state index < -0.39 is 5.97 Å². The predicted molar refractivity (Wildman–Crippen MR) is 129 cm³/mol. The van der Waals surface area contributed by atoms with Crippen molar-refractivity contribution in [2.45, 2.75) is 20.4 Å². The van der Waals surface area contributed by atoms with Crippen molar-refractivity contribution >= 4 is 34.0 Å². The molecular weight excluding hydrogens is 412 g/mol. The molecule has 0 bridgehead atoms. The molecule has 0 spiro atoms. The number of hydrogen-bond acceptors (Lipinski definition) is 5. The number of fused-ring (bicyclic) bond motifs is 3. The highest BCUT2D eigenvalue weighted by atomic mass is 16.5. The number of Topliss-reactive ketones (excluding diaryl/α,β-unsaturated/α-hetero) is 1. The monoisotopic (exact) mass is 434 g/mol. The molecule has 2 heterocycles. The molecule has 0 saturated carbocycles. The third-order valence-corrected chi connectivity index (χ3v) is 5.85. The van der Waals surface area contributed by atoms with Gasteiger partial charge >= 0.3 is 5.97 Å². The van der Waals surface area contributed by atoms with Crippen LogP contribution in [0.5, 0.6) is 5.75 Å². The number of para-hydroxylation sites is 1. The molecule has 0 radical (unpaired) electrons. The Morgan fingerprint density at radius 2 is 1.70 bits per heavy atom. The van der Waals surface area contributed by atoms with Crippen LogP contribution in [0.3, 0.4) is 0 Å². The highest BCUT2D eigenvalue weighted by Gasteiger charge is 2.28. The summed E-state index contributed by atoms with van der Waals surface area (Å²) < 4.78 is 5.54. The minimum atomic E-state index is -0.487. The zero-order chi connectivity index (χ0) is 22.9. The van der Waals surface area contributed by atoms with Crippen molar-refractivity contribution in [3.63, 3.8) is 0 Å². The van der Waals surface area contributed by atoms with Crippen LogP contribution in [0.1, 0.15) is 34.0 Å². The molecule has 162 valence electrons. The van der Waals surface area contributed by atoms with Gasteiger partial charge in [0.15, 0.2) is 5.78 Å². The van der Waals surface area contributed by atoms with Crippen molar-refractivity contribution in [1.29, 1.82) is 0 Å². The number of benzene rings is 3. The summed E-state index contributed by atoms with van der Waals surface area (Å²) in [5.41, 5.74) is 6.45. The quantitative estimate of drug-likeness (QED) is 0.178. The zero-order valence-corrected chi connectivity index (χ0v) is 18.4. The van der Waals surface area contributed by atoms with Crippen molar-refractivity contribution < 1.29 is 14.3 Å². The van der Waals surface area contributed by atoms with Gasteiger partial charge in [-0.3, -0.25) is 9.78 Å². The van der Waals surface area contributed by atoms with Crippen LogP contribution in [-0.4, -0.2) is 16.7 Å². The Labute approximate surface area is 192 Å². The minimum absolute atomic E-state index is 0.0361. The molecule has 0 fully saturated rings. The van der Waals surface area contributed by atoms with E-state index in [9.17, 15) is 9.59 Å². The number of esters is 1. The molecule has 0 unspecified atom stereocenters. The number of ether oxygens (including phenoxy) is 1. The number of ketones is 1. The lowest BCUT2D eigenvalue weighted by atomic mass is 10.0. The molecule has 0 amide bonds. The third-order valence-electron chi connectivity index (χ3n) is 5.85. The number of carbonyl (C=O) groups excluding carboxylic acids is 2. The maximum absolute atomic E-state index is 12.9. The predicted octanol–water partition coefficient (Wildman–Crippen LogP) is 5.71. The summed E-state index contributed by atoms with van der Waals surface area (Å²) in [4.78, 5) is 31.1. The smallest absolute Gasteiger partial charge is 0.338 e. The molecule has 5 heteroatoms. The van der Waals surface area contributed by atoms with E-state index in [2.05, 4.69) is 40.2 Å². The van der Waals surface area contributed by atoms with Crippen LogP contribution >= 0.6 is 0 Å². The number of pyridine rings is 1. The summed E-state index contributed by atoms with van der Waals surface area (Å²) in [6.07, 6.45) is 3.34. The first-order chi connectivity index (χ1) is 16.0. The minimum Gasteiger partial charge on any atom is -0.423 e. The van der Waals surface area contributed by atoms with Gasteiger partial charge in [0.1, 0.15) is 5.75 Å². The van der Waals surface area contributed by atoms with Gasteiger partial charge in [-0.2, -0.15) is 0 Å². The van der Waals surface area contributed by atoms with Gasteiger partial charge in [0.05, 0.1) is 11.2 Å². The van der Waals surface area contributed by atoms with Gasteiger partial charge < -0.3 is 9.64 Å². The number of anilines is 1. The summed E-state index contributed by atoms with van der Waals surface area (Å²) in [7, 11) is 0. The Bertz CT molecular complexity index is 1400. The fourth-order valence-electron chi connectivity index (χ4n) is 4.10. The average molecular weight is 434 g/mol. The van der Waals surface area contributed by atoms with E-state index in [-0.39, 0.29) is 5.78 Å². The molecule has 1 aliphatic heterocycles. The van der Waals surface area contributed by atoms with Gasteiger partial charge in [0.25, 0.3) is 0 Å². The number of carbonyl (C=O) groups is 2. The van der Waals surface area contributed by atoms with Crippen molar-refractivity contribution in [2.24, 2.45) is 0 Å². The summed E-state index contributed by atoms with van der Waals surface area (Å²) >= 11 is 0. The van der Waals surface area contributed by atoms with Gasteiger partial charge in [-0.25, -0.2) is 4.79 Å². The van der Waals surface area contributed by atoms with Crippen molar-refractivity contribution in [3.05, 3.63) is 107 Å². The first-order valence-corrected chi connectivity index (χ1v) is 10.8. The maximum Gasteiger partial charge on any atom is 0.338 e. The highest BCUT2D eigenvalue weighted by Crippen LogP contribution is 2.39. The van der Waals surface area contributed by atoms with Crippen LogP contribution in [0.15, 0.2) is 85.1 Å². The molecule has 0 atom stereocenters. The Kier molecular flexibility index (Phi) is 5.23. The topological polar surface area (TPSA) is 59.5 Å². The molecule has 1 aliphatic rings. The van der Waals surface area contributed by atoms with Crippen LogP contribution in [0.2, 0.25) is 0 Å². The second-order valence-corrected chi connectivity index (χ2v) is 8.12. The zero-order valence-electron chi connectivity index (χ0n) is 18.4. The van der Waals surface area contributed by atoms with Crippen LogP contribution in [0.4, 0.5) is 5.69 Å². The third kappa shape index (κ3) is 4.01. The molecule has 0 N–H and O–H groups in total. The molecule has 5 nitrogen and oxygen atoms in total. The van der Waals surface area contributed by atoms with E-state index in [0.29, 0.717) is 17.9 Å². The van der Waals surface area contributed by atoms with E-state index in [0.717, 1.165) is 33.4 Å². The summed E-state index contributed by atoms with van der Waals surface area (Å²) in [6, 6.07) is 22.8. The van der Waals surface area contributed by atoms with Crippen molar-refractivity contribution in [1.82, 2.24) is 4.98 Å². The number of hydrogen-bond donors (Lipinski definition) is 0. The highest BCUT2D eigenvalue weighted by molar-refractivity contribution is 6.01. The van der Waals surface area contributed by atoms with Gasteiger partial charge in [0, 0.05) is 41.0 Å². The SMILES string of the molecule is CC(=O)c1ccc(OC(=O)/C=C2\c3cnc4ccccc4c3CN2c2ccc(C)cc2)cc1. The fraction of sp³-hybridized carbons (Fsp3) is 0.107. The van der Waals surface area contributed by atoms with E-state index >= 15 is 0 Å². The number of aromatic nitrogens is 1. The van der Waals surface area contributed by atoms with Gasteiger partial charge in [-0.05, 0) is 61.9 Å². The molecular formula is C28H22N2O3. The van der Waals surface area contributed by atoms with E-state index in [1.807, 2.05) is 31.3 Å². The standard InChI is InChI=1S/C28H22N2O3/c1-18-7-11-21(12-8-18)30-17-25-23-5-3-4-6-26(23)29-16-24(25)27(30)15-28(32)33-22-13-9-20(10-14-22)19(2)31/h3-16H,17H2,1-2H3/b27-15+. The molecule has 3 aromatic carbocycles. The Morgan fingerprint density at radius 1 is 0.970 bits per heavy atom. The normalized spacial score (nSPS) is 13.9. The molecule has 0 saturated heterocycles. The van der Waals surface area contributed by atoms with Crippen LogP contribution < -0.4 is 9.64 Å².